The average molecular weight is 420 g/mol. The summed E-state index contributed by atoms with van der Waals surface area (Å²) in [4.78, 5) is 29.9. The summed E-state index contributed by atoms with van der Waals surface area (Å²) in [6.45, 7) is 0. The van der Waals surface area contributed by atoms with Gasteiger partial charge >= 0.3 is 5.97 Å². The van der Waals surface area contributed by atoms with Gasteiger partial charge in [-0.3, -0.25) is 14.2 Å². The van der Waals surface area contributed by atoms with E-state index in [9.17, 15) is 14.0 Å². The Balaban J connectivity index is 1.92. The Morgan fingerprint density at radius 3 is 2.68 bits per heavy atom. The van der Waals surface area contributed by atoms with E-state index < -0.39 is 12.0 Å². The van der Waals surface area contributed by atoms with E-state index in [0.717, 1.165) is 4.88 Å². The van der Waals surface area contributed by atoms with Crippen molar-refractivity contribution in [2.24, 2.45) is 0 Å². The molecule has 0 aliphatic heterocycles. The Labute approximate surface area is 169 Å². The molecule has 2 aromatic heterocycles. The maximum atomic E-state index is 13.3. The number of halogens is 1. The first-order valence-corrected chi connectivity index (χ1v) is 10.4. The van der Waals surface area contributed by atoms with E-state index in [1.165, 1.54) is 48.5 Å². The zero-order valence-electron chi connectivity index (χ0n) is 15.2. The third-order valence-corrected chi connectivity index (χ3v) is 5.66. The standard InChI is InChI=1S/C19H18FN3O3S2/c1-26-17(24)10-14(16-4-3-9-28-16)22-18(25)15-11-21-19(27-2)23(15)13-7-5-12(20)6-8-13/h3-9,11,14H,10H2,1-2H3,(H,22,25). The van der Waals surface area contributed by atoms with Crippen molar-refractivity contribution in [2.45, 2.75) is 17.6 Å². The number of benzene rings is 1. The van der Waals surface area contributed by atoms with Gasteiger partial charge in [0.05, 0.1) is 25.8 Å². The van der Waals surface area contributed by atoms with Gasteiger partial charge in [0.2, 0.25) is 0 Å². The van der Waals surface area contributed by atoms with Gasteiger partial charge in [-0.05, 0) is 42.0 Å². The Bertz CT molecular complexity index is 955. The number of nitrogens with one attached hydrogen (secondary N) is 1. The lowest BCUT2D eigenvalue weighted by Gasteiger charge is -2.17. The highest BCUT2D eigenvalue weighted by molar-refractivity contribution is 7.98. The first kappa shape index (κ1) is 20.1. The molecule has 1 aromatic carbocycles. The van der Waals surface area contributed by atoms with E-state index in [-0.39, 0.29) is 18.1 Å². The molecule has 6 nitrogen and oxygen atoms in total. The lowest BCUT2D eigenvalue weighted by Crippen LogP contribution is -2.31. The Hall–Kier alpha value is -2.65. The van der Waals surface area contributed by atoms with E-state index in [0.29, 0.717) is 16.5 Å². The molecule has 0 saturated carbocycles. The number of methoxy groups -OCH3 is 1. The molecule has 9 heteroatoms. The van der Waals surface area contributed by atoms with Gasteiger partial charge in [-0.2, -0.15) is 0 Å². The number of aromatic nitrogens is 2. The van der Waals surface area contributed by atoms with E-state index in [1.54, 1.807) is 16.7 Å². The maximum absolute atomic E-state index is 13.3. The van der Waals surface area contributed by atoms with Crippen LogP contribution in [-0.4, -0.2) is 34.8 Å². The molecule has 1 amide bonds. The van der Waals surface area contributed by atoms with Crippen LogP contribution in [0.5, 0.6) is 0 Å². The largest absolute Gasteiger partial charge is 0.469 e. The second-order valence-electron chi connectivity index (χ2n) is 5.76. The van der Waals surface area contributed by atoms with Crippen LogP contribution in [0, 0.1) is 5.82 Å². The van der Waals surface area contributed by atoms with Crippen LogP contribution < -0.4 is 5.32 Å². The number of amides is 1. The predicted octanol–water partition coefficient (Wildman–Crippen LogP) is 3.83. The summed E-state index contributed by atoms with van der Waals surface area (Å²) in [5.74, 6) is -1.17. The Kier molecular flexibility index (Phi) is 6.48. The molecule has 3 rings (SSSR count). The SMILES string of the molecule is COC(=O)CC(NC(=O)c1cnc(SC)n1-c1ccc(F)cc1)c1cccs1. The van der Waals surface area contributed by atoms with Gasteiger partial charge < -0.3 is 10.1 Å². The topological polar surface area (TPSA) is 73.2 Å². The zero-order chi connectivity index (χ0) is 20.1. The van der Waals surface area contributed by atoms with E-state index in [2.05, 4.69) is 10.3 Å². The molecule has 0 fully saturated rings. The van der Waals surface area contributed by atoms with Crippen LogP contribution in [-0.2, 0) is 9.53 Å². The van der Waals surface area contributed by atoms with Crippen LogP contribution in [0.3, 0.4) is 0 Å². The fourth-order valence-electron chi connectivity index (χ4n) is 2.67. The second kappa shape index (κ2) is 9.03. The summed E-state index contributed by atoms with van der Waals surface area (Å²) < 4.78 is 19.7. The number of thiophene rings is 1. The quantitative estimate of drug-likeness (QED) is 0.465. The highest BCUT2D eigenvalue weighted by Crippen LogP contribution is 2.25. The summed E-state index contributed by atoms with van der Waals surface area (Å²) in [6.07, 6.45) is 3.33. The maximum Gasteiger partial charge on any atom is 0.307 e. The fraction of sp³-hybridized carbons (Fsp3) is 0.211. The van der Waals surface area contributed by atoms with Crippen LogP contribution in [0.15, 0.2) is 53.1 Å². The van der Waals surface area contributed by atoms with Crippen molar-refractivity contribution in [3.8, 4) is 5.69 Å². The normalized spacial score (nSPS) is 11.8. The summed E-state index contributed by atoms with van der Waals surface area (Å²) >= 11 is 2.81. The molecular formula is C19H18FN3O3S2. The lowest BCUT2D eigenvalue weighted by molar-refractivity contribution is -0.141. The summed E-state index contributed by atoms with van der Waals surface area (Å²) in [6, 6.07) is 9.00. The van der Waals surface area contributed by atoms with Crippen LogP contribution in [0.25, 0.3) is 5.69 Å². The summed E-state index contributed by atoms with van der Waals surface area (Å²) in [5.41, 5.74) is 0.913. The number of hydrogen-bond acceptors (Lipinski definition) is 6. The number of carbonyl (C=O) groups is 2. The van der Waals surface area contributed by atoms with E-state index >= 15 is 0 Å². The highest BCUT2D eigenvalue weighted by Gasteiger charge is 2.24. The number of ether oxygens (including phenoxy) is 1. The highest BCUT2D eigenvalue weighted by atomic mass is 32.2. The summed E-state index contributed by atoms with van der Waals surface area (Å²) in [5, 5.41) is 5.36. The number of esters is 1. The molecule has 1 unspecified atom stereocenters. The van der Waals surface area contributed by atoms with Crippen LogP contribution in [0.4, 0.5) is 4.39 Å². The third-order valence-electron chi connectivity index (χ3n) is 4.02. The van der Waals surface area contributed by atoms with Crippen LogP contribution >= 0.6 is 23.1 Å². The van der Waals surface area contributed by atoms with Crippen molar-refractivity contribution in [1.29, 1.82) is 0 Å². The van der Waals surface area contributed by atoms with Gasteiger partial charge in [-0.15, -0.1) is 11.3 Å². The minimum atomic E-state index is -0.519. The molecule has 0 aliphatic rings. The van der Waals surface area contributed by atoms with Gasteiger partial charge in [0.15, 0.2) is 5.16 Å². The predicted molar refractivity (Wildman–Crippen MR) is 106 cm³/mol. The summed E-state index contributed by atoms with van der Waals surface area (Å²) in [7, 11) is 1.31. The van der Waals surface area contributed by atoms with Crippen molar-refractivity contribution in [2.75, 3.05) is 13.4 Å². The van der Waals surface area contributed by atoms with Gasteiger partial charge in [-0.25, -0.2) is 9.37 Å². The van der Waals surface area contributed by atoms with Crippen LogP contribution in [0.1, 0.15) is 27.8 Å². The first-order chi connectivity index (χ1) is 13.5. The minimum absolute atomic E-state index is 0.0167. The molecule has 2 heterocycles. The number of nitrogens with zero attached hydrogens (tertiary/aromatic N) is 2. The number of imidazole rings is 1. The monoisotopic (exact) mass is 419 g/mol. The molecule has 0 spiro atoms. The fourth-order valence-corrected chi connectivity index (χ4v) is 4.00. The smallest absolute Gasteiger partial charge is 0.307 e. The van der Waals surface area contributed by atoms with E-state index in [1.807, 2.05) is 23.8 Å². The van der Waals surface area contributed by atoms with Gasteiger partial charge in [0.25, 0.3) is 5.91 Å². The molecule has 146 valence electrons. The van der Waals surface area contributed by atoms with E-state index in [4.69, 9.17) is 4.74 Å². The Morgan fingerprint density at radius 2 is 2.07 bits per heavy atom. The number of rotatable bonds is 7. The van der Waals surface area contributed by atoms with Gasteiger partial charge in [0.1, 0.15) is 11.5 Å². The molecule has 1 N–H and O–H groups in total. The first-order valence-electron chi connectivity index (χ1n) is 8.32. The Morgan fingerprint density at radius 1 is 1.32 bits per heavy atom. The van der Waals surface area contributed by atoms with Crippen molar-refractivity contribution < 1.29 is 18.7 Å². The molecule has 1 atom stereocenters. The molecule has 0 bridgehead atoms. The van der Waals surface area contributed by atoms with Crippen molar-refractivity contribution in [1.82, 2.24) is 14.9 Å². The van der Waals surface area contributed by atoms with Crippen molar-refractivity contribution >= 4 is 35.0 Å². The number of hydrogen-bond donors (Lipinski definition) is 1. The molecule has 28 heavy (non-hydrogen) atoms. The molecule has 0 radical (unpaired) electrons. The minimum Gasteiger partial charge on any atom is -0.469 e. The molecule has 3 aromatic rings. The average Bonchev–Trinajstić information content (AvgIpc) is 3.37. The lowest BCUT2D eigenvalue weighted by atomic mass is 10.1. The zero-order valence-corrected chi connectivity index (χ0v) is 16.8. The van der Waals surface area contributed by atoms with Crippen molar-refractivity contribution in [3.63, 3.8) is 0 Å². The molecule has 0 saturated heterocycles. The van der Waals surface area contributed by atoms with Gasteiger partial charge in [-0.1, -0.05) is 17.8 Å². The third kappa shape index (κ3) is 4.42. The van der Waals surface area contributed by atoms with Crippen molar-refractivity contribution in [3.05, 3.63) is 64.4 Å². The number of carbonyl (C=O) groups excluding carboxylic acids is 2. The second-order valence-corrected chi connectivity index (χ2v) is 7.52. The molecule has 0 aliphatic carbocycles. The number of thioether (sulfide) groups is 1. The molecular weight excluding hydrogens is 401 g/mol. The van der Waals surface area contributed by atoms with Gasteiger partial charge in [0, 0.05) is 10.6 Å². The van der Waals surface area contributed by atoms with Crippen LogP contribution in [0.2, 0.25) is 0 Å².